The summed E-state index contributed by atoms with van der Waals surface area (Å²) in [7, 11) is 0. The predicted molar refractivity (Wildman–Crippen MR) is 107 cm³/mol. The van der Waals surface area contributed by atoms with E-state index >= 15 is 0 Å². The normalized spacial score (nSPS) is 16.1. The van der Waals surface area contributed by atoms with E-state index < -0.39 is 0 Å². The van der Waals surface area contributed by atoms with Gasteiger partial charge in [-0.2, -0.15) is 5.10 Å². The molecule has 1 fully saturated rings. The molecule has 2 N–H and O–H groups in total. The summed E-state index contributed by atoms with van der Waals surface area (Å²) in [5.41, 5.74) is 6.04. The zero-order chi connectivity index (χ0) is 18.1. The van der Waals surface area contributed by atoms with Crippen molar-refractivity contribution in [2.45, 2.75) is 25.3 Å². The Morgan fingerprint density at radius 2 is 1.89 bits per heavy atom. The summed E-state index contributed by atoms with van der Waals surface area (Å²) in [5.74, 6) is 0.608. The number of fused-ring (bicyclic) bond motifs is 1. The number of pyridine rings is 1. The van der Waals surface area contributed by atoms with Gasteiger partial charge in [0.2, 0.25) is 0 Å². The molecule has 0 saturated carbocycles. The highest BCUT2D eigenvalue weighted by Gasteiger charge is 2.23. The summed E-state index contributed by atoms with van der Waals surface area (Å²) in [4.78, 5) is 10.3. The second-order valence-corrected chi connectivity index (χ2v) is 7.33. The third kappa shape index (κ3) is 3.15. The number of rotatable bonds is 4. The third-order valence-electron chi connectivity index (χ3n) is 5.68. The van der Waals surface area contributed by atoms with Crippen molar-refractivity contribution >= 4 is 11.0 Å². The molecule has 0 spiro atoms. The quantitative estimate of drug-likeness (QED) is 0.571. The highest BCUT2D eigenvalue weighted by molar-refractivity contribution is 5.80. The largest absolute Gasteiger partial charge is 0.346 e. The first-order valence-corrected chi connectivity index (χ1v) is 9.60. The van der Waals surface area contributed by atoms with Crippen molar-refractivity contribution in [3.05, 3.63) is 72.2 Å². The Kier molecular flexibility index (Phi) is 4.22. The Morgan fingerprint density at radius 3 is 2.74 bits per heavy atom. The molecule has 4 aromatic rings. The van der Waals surface area contributed by atoms with Gasteiger partial charge in [-0.05, 0) is 55.1 Å². The van der Waals surface area contributed by atoms with E-state index in [-0.39, 0.29) is 0 Å². The van der Waals surface area contributed by atoms with Crippen molar-refractivity contribution in [2.75, 3.05) is 13.1 Å². The molecule has 0 unspecified atom stereocenters. The van der Waals surface area contributed by atoms with Crippen LogP contribution in [0.5, 0.6) is 0 Å². The van der Waals surface area contributed by atoms with Crippen LogP contribution in [0.15, 0.2) is 61.1 Å². The summed E-state index contributed by atoms with van der Waals surface area (Å²) < 4.78 is 0. The van der Waals surface area contributed by atoms with Crippen molar-refractivity contribution in [3.8, 4) is 11.3 Å². The van der Waals surface area contributed by atoms with Crippen LogP contribution in [0.3, 0.4) is 0 Å². The molecule has 0 amide bonds. The van der Waals surface area contributed by atoms with E-state index in [9.17, 15) is 0 Å². The molecule has 1 aliphatic rings. The van der Waals surface area contributed by atoms with Crippen LogP contribution in [0.25, 0.3) is 22.3 Å². The smallest absolute Gasteiger partial charge is 0.137 e. The van der Waals surface area contributed by atoms with Crippen LogP contribution in [0.2, 0.25) is 0 Å². The summed E-state index contributed by atoms with van der Waals surface area (Å²) in [5, 5.41) is 8.74. The number of aromatic amines is 2. The van der Waals surface area contributed by atoms with Crippen LogP contribution in [0, 0.1) is 0 Å². The number of benzene rings is 1. The van der Waals surface area contributed by atoms with Crippen molar-refractivity contribution in [3.63, 3.8) is 0 Å². The topological polar surface area (TPSA) is 60.6 Å². The van der Waals surface area contributed by atoms with E-state index in [1.54, 1.807) is 0 Å². The molecule has 5 rings (SSSR count). The number of nitrogens with one attached hydrogen (secondary N) is 2. The average molecular weight is 357 g/mol. The monoisotopic (exact) mass is 357 g/mol. The molecule has 0 bridgehead atoms. The zero-order valence-electron chi connectivity index (χ0n) is 15.2. The maximum atomic E-state index is 4.42. The number of hydrogen-bond donors (Lipinski definition) is 2. The molecule has 136 valence electrons. The SMILES string of the molecule is c1ccc(-c2[nH]ncc2CN2CCC(c3c[nH]c4ncccc34)CC2)cc1. The second kappa shape index (κ2) is 7.00. The van der Waals surface area contributed by atoms with Crippen LogP contribution in [-0.4, -0.2) is 38.2 Å². The zero-order valence-corrected chi connectivity index (χ0v) is 15.2. The molecule has 0 aliphatic carbocycles. The molecule has 1 saturated heterocycles. The highest BCUT2D eigenvalue weighted by Crippen LogP contribution is 2.33. The summed E-state index contributed by atoms with van der Waals surface area (Å²) in [6, 6.07) is 14.7. The number of piperidine rings is 1. The van der Waals surface area contributed by atoms with Crippen molar-refractivity contribution < 1.29 is 0 Å². The van der Waals surface area contributed by atoms with E-state index in [1.165, 1.54) is 34.9 Å². The van der Waals surface area contributed by atoms with Crippen molar-refractivity contribution in [2.24, 2.45) is 0 Å². The fourth-order valence-corrected chi connectivity index (χ4v) is 4.24. The Morgan fingerprint density at radius 1 is 1.04 bits per heavy atom. The molecular weight excluding hydrogens is 334 g/mol. The highest BCUT2D eigenvalue weighted by atomic mass is 15.2. The van der Waals surface area contributed by atoms with E-state index in [0.717, 1.165) is 31.0 Å². The van der Waals surface area contributed by atoms with Gasteiger partial charge in [0.15, 0.2) is 0 Å². The Labute approximate surface area is 158 Å². The van der Waals surface area contributed by atoms with E-state index in [4.69, 9.17) is 0 Å². The van der Waals surface area contributed by atoms with Crippen molar-refractivity contribution in [1.82, 2.24) is 25.1 Å². The Hall–Kier alpha value is -2.92. The van der Waals surface area contributed by atoms with Gasteiger partial charge in [-0.3, -0.25) is 10.00 Å². The van der Waals surface area contributed by atoms with E-state index in [1.807, 2.05) is 24.5 Å². The number of nitrogens with zero attached hydrogens (tertiary/aromatic N) is 3. The van der Waals surface area contributed by atoms with Gasteiger partial charge in [0, 0.05) is 29.9 Å². The summed E-state index contributed by atoms with van der Waals surface area (Å²) in [6.45, 7) is 3.16. The fourth-order valence-electron chi connectivity index (χ4n) is 4.24. The van der Waals surface area contributed by atoms with Gasteiger partial charge < -0.3 is 4.98 Å². The maximum absolute atomic E-state index is 4.42. The van der Waals surface area contributed by atoms with Crippen LogP contribution in [-0.2, 0) is 6.54 Å². The van der Waals surface area contributed by atoms with E-state index in [0.29, 0.717) is 5.92 Å². The van der Waals surface area contributed by atoms with Crippen LogP contribution in [0.1, 0.15) is 29.9 Å². The lowest BCUT2D eigenvalue weighted by molar-refractivity contribution is 0.205. The first-order chi connectivity index (χ1) is 13.4. The number of likely N-dealkylation sites (tertiary alicyclic amines) is 1. The second-order valence-electron chi connectivity index (χ2n) is 7.33. The van der Waals surface area contributed by atoms with Gasteiger partial charge in [-0.15, -0.1) is 0 Å². The lowest BCUT2D eigenvalue weighted by Crippen LogP contribution is -2.32. The lowest BCUT2D eigenvalue weighted by Gasteiger charge is -2.31. The molecule has 1 aromatic carbocycles. The molecular formula is C22H23N5. The van der Waals surface area contributed by atoms with Crippen molar-refractivity contribution in [1.29, 1.82) is 0 Å². The van der Waals surface area contributed by atoms with E-state index in [2.05, 4.69) is 61.6 Å². The number of H-pyrrole nitrogens is 2. The molecule has 0 atom stereocenters. The molecule has 3 aromatic heterocycles. The first kappa shape index (κ1) is 16.3. The average Bonchev–Trinajstić information content (AvgIpc) is 3.36. The Balaban J connectivity index is 1.28. The lowest BCUT2D eigenvalue weighted by atomic mass is 9.89. The third-order valence-corrected chi connectivity index (χ3v) is 5.68. The standard InChI is InChI=1S/C22H23N5/c1-2-5-17(6-3-1)21-18(13-25-26-21)15-27-11-8-16(9-12-27)20-14-24-22-19(20)7-4-10-23-22/h1-7,10,13-14,16H,8-9,11-12,15H2,(H,23,24)(H,25,26). The summed E-state index contributed by atoms with van der Waals surface area (Å²) in [6.07, 6.45) is 8.34. The number of hydrogen-bond acceptors (Lipinski definition) is 3. The van der Waals surface area contributed by atoms with Crippen LogP contribution >= 0.6 is 0 Å². The molecule has 5 nitrogen and oxygen atoms in total. The minimum Gasteiger partial charge on any atom is -0.346 e. The first-order valence-electron chi connectivity index (χ1n) is 9.60. The van der Waals surface area contributed by atoms with Gasteiger partial charge >= 0.3 is 0 Å². The molecule has 5 heteroatoms. The van der Waals surface area contributed by atoms with Gasteiger partial charge in [0.1, 0.15) is 5.65 Å². The Bertz CT molecular complexity index is 1020. The predicted octanol–water partition coefficient (Wildman–Crippen LogP) is 4.33. The van der Waals surface area contributed by atoms with Gasteiger partial charge in [0.25, 0.3) is 0 Å². The molecule has 4 heterocycles. The minimum atomic E-state index is 0.608. The summed E-state index contributed by atoms with van der Waals surface area (Å²) >= 11 is 0. The van der Waals surface area contributed by atoms with Crippen LogP contribution < -0.4 is 0 Å². The maximum Gasteiger partial charge on any atom is 0.137 e. The molecule has 27 heavy (non-hydrogen) atoms. The van der Waals surface area contributed by atoms with Crippen LogP contribution in [0.4, 0.5) is 0 Å². The van der Waals surface area contributed by atoms with Gasteiger partial charge in [-0.25, -0.2) is 4.98 Å². The minimum absolute atomic E-state index is 0.608. The fraction of sp³-hybridized carbons (Fsp3) is 0.273. The van der Waals surface area contributed by atoms with Gasteiger partial charge in [-0.1, -0.05) is 30.3 Å². The number of aromatic nitrogens is 4. The van der Waals surface area contributed by atoms with Gasteiger partial charge in [0.05, 0.1) is 11.9 Å². The molecule has 1 aliphatic heterocycles. The molecule has 0 radical (unpaired) electrons.